The van der Waals surface area contributed by atoms with Crippen molar-refractivity contribution in [2.24, 2.45) is 0 Å². The van der Waals surface area contributed by atoms with Gasteiger partial charge in [0.1, 0.15) is 6.29 Å². The van der Waals surface area contributed by atoms with Crippen molar-refractivity contribution in [2.45, 2.75) is 0 Å². The number of benzene rings is 1. The molecule has 0 heterocycles. The molecule has 0 radical (unpaired) electrons. The number of carbonyl (C=O) groups is 1. The zero-order valence-electron chi connectivity index (χ0n) is 6.18. The van der Waals surface area contributed by atoms with Crippen LogP contribution in [-0.4, -0.2) is 23.7 Å². The Morgan fingerprint density at radius 2 is 2.25 bits per heavy atom. The van der Waals surface area contributed by atoms with Crippen molar-refractivity contribution >= 4 is 18.9 Å². The van der Waals surface area contributed by atoms with Crippen LogP contribution in [0.4, 0.5) is 0 Å². The number of hydrogen-bond donors (Lipinski definition) is 2. The van der Waals surface area contributed by atoms with E-state index in [9.17, 15) is 4.79 Å². The SMILES string of the molecule is O=Cc1cccc(B(O)OO)c1. The van der Waals surface area contributed by atoms with Gasteiger partial charge in [0.2, 0.25) is 0 Å². The molecule has 5 heteroatoms. The average Bonchev–Trinajstić information content (AvgIpc) is 2.17. The number of aldehydes is 1. The molecule has 0 unspecified atom stereocenters. The quantitative estimate of drug-likeness (QED) is 0.279. The van der Waals surface area contributed by atoms with Gasteiger partial charge in [0, 0.05) is 5.56 Å². The standard InChI is InChI=1S/C7H7BO4/c9-5-6-2-1-3-7(4-6)8(10)12-11/h1-5,10-11H. The molecular weight excluding hydrogens is 159 g/mol. The Hall–Kier alpha value is -1.17. The van der Waals surface area contributed by atoms with Gasteiger partial charge in [-0.3, -0.25) is 14.9 Å². The Morgan fingerprint density at radius 3 is 2.83 bits per heavy atom. The lowest BCUT2D eigenvalue weighted by Gasteiger charge is -2.01. The van der Waals surface area contributed by atoms with Crippen LogP contribution in [-0.2, 0) is 4.81 Å². The van der Waals surface area contributed by atoms with E-state index < -0.39 is 7.12 Å². The fourth-order valence-corrected chi connectivity index (χ4v) is 0.847. The normalized spacial score (nSPS) is 9.50. The Bertz CT molecular complexity index is 276. The lowest BCUT2D eigenvalue weighted by Crippen LogP contribution is -2.32. The molecule has 12 heavy (non-hydrogen) atoms. The van der Waals surface area contributed by atoms with Crippen LogP contribution in [0.5, 0.6) is 0 Å². The second-order valence-electron chi connectivity index (χ2n) is 2.25. The molecule has 0 saturated carbocycles. The van der Waals surface area contributed by atoms with Gasteiger partial charge >= 0.3 is 7.12 Å². The van der Waals surface area contributed by atoms with Gasteiger partial charge < -0.3 is 5.02 Å². The number of hydrogen-bond acceptors (Lipinski definition) is 4. The van der Waals surface area contributed by atoms with E-state index in [0.717, 1.165) is 0 Å². The zero-order valence-corrected chi connectivity index (χ0v) is 6.18. The topological polar surface area (TPSA) is 66.8 Å². The van der Waals surface area contributed by atoms with Crippen LogP contribution in [0.3, 0.4) is 0 Å². The zero-order chi connectivity index (χ0) is 8.97. The van der Waals surface area contributed by atoms with Crippen molar-refractivity contribution in [3.8, 4) is 0 Å². The molecule has 0 aromatic heterocycles. The van der Waals surface area contributed by atoms with Gasteiger partial charge in [0.25, 0.3) is 0 Å². The molecule has 0 amide bonds. The first-order valence-electron chi connectivity index (χ1n) is 3.31. The fourth-order valence-electron chi connectivity index (χ4n) is 0.847. The lowest BCUT2D eigenvalue weighted by atomic mass is 9.79. The molecule has 0 aliphatic carbocycles. The van der Waals surface area contributed by atoms with Crippen molar-refractivity contribution in [1.82, 2.24) is 0 Å². The predicted molar refractivity (Wildman–Crippen MR) is 43.2 cm³/mol. The Morgan fingerprint density at radius 1 is 1.50 bits per heavy atom. The molecule has 0 aliphatic rings. The first kappa shape index (κ1) is 8.93. The third-order valence-electron chi connectivity index (χ3n) is 1.43. The van der Waals surface area contributed by atoms with Crippen LogP contribution >= 0.6 is 0 Å². The summed E-state index contributed by atoms with van der Waals surface area (Å²) in [6.07, 6.45) is 0.646. The van der Waals surface area contributed by atoms with E-state index in [0.29, 0.717) is 17.3 Å². The van der Waals surface area contributed by atoms with Crippen molar-refractivity contribution < 1.29 is 19.9 Å². The summed E-state index contributed by atoms with van der Waals surface area (Å²) in [5.41, 5.74) is 0.755. The average molecular weight is 166 g/mol. The molecule has 2 N–H and O–H groups in total. The van der Waals surface area contributed by atoms with Gasteiger partial charge in [-0.05, 0) is 5.46 Å². The van der Waals surface area contributed by atoms with E-state index in [4.69, 9.17) is 10.3 Å². The van der Waals surface area contributed by atoms with E-state index in [2.05, 4.69) is 4.81 Å². The van der Waals surface area contributed by atoms with Gasteiger partial charge in [0.05, 0.1) is 0 Å². The number of rotatable bonds is 3. The summed E-state index contributed by atoms with van der Waals surface area (Å²) >= 11 is 0. The van der Waals surface area contributed by atoms with E-state index in [-0.39, 0.29) is 0 Å². The van der Waals surface area contributed by atoms with Crippen molar-refractivity contribution in [3.63, 3.8) is 0 Å². The first-order valence-corrected chi connectivity index (χ1v) is 3.31. The van der Waals surface area contributed by atoms with Gasteiger partial charge in [-0.2, -0.15) is 0 Å². The highest BCUT2D eigenvalue weighted by atomic mass is 17.1. The molecule has 1 aromatic carbocycles. The highest BCUT2D eigenvalue weighted by molar-refractivity contribution is 6.59. The highest BCUT2D eigenvalue weighted by Crippen LogP contribution is 1.93. The maximum Gasteiger partial charge on any atom is 0.522 e. The summed E-state index contributed by atoms with van der Waals surface area (Å²) in [4.78, 5) is 14.0. The Balaban J connectivity index is 2.93. The van der Waals surface area contributed by atoms with E-state index in [1.165, 1.54) is 12.1 Å². The second kappa shape index (κ2) is 4.01. The van der Waals surface area contributed by atoms with Crippen molar-refractivity contribution in [3.05, 3.63) is 29.8 Å². The largest absolute Gasteiger partial charge is 0.522 e. The Kier molecular flexibility index (Phi) is 2.98. The maximum absolute atomic E-state index is 10.3. The third kappa shape index (κ3) is 1.91. The molecule has 0 atom stereocenters. The Labute approximate surface area is 69.5 Å². The molecule has 4 nitrogen and oxygen atoms in total. The van der Waals surface area contributed by atoms with Crippen LogP contribution in [0.2, 0.25) is 0 Å². The van der Waals surface area contributed by atoms with Crippen LogP contribution in [0.25, 0.3) is 0 Å². The third-order valence-corrected chi connectivity index (χ3v) is 1.43. The minimum atomic E-state index is -1.40. The van der Waals surface area contributed by atoms with E-state index in [1.54, 1.807) is 12.1 Å². The summed E-state index contributed by atoms with van der Waals surface area (Å²) in [6, 6.07) is 6.13. The van der Waals surface area contributed by atoms with Crippen LogP contribution in [0.1, 0.15) is 10.4 Å². The molecule has 0 bridgehead atoms. The van der Waals surface area contributed by atoms with Crippen LogP contribution in [0, 0.1) is 0 Å². The minimum absolute atomic E-state index is 0.335. The fraction of sp³-hybridized carbons (Fsp3) is 0. The first-order chi connectivity index (χ1) is 5.77. The van der Waals surface area contributed by atoms with Gasteiger partial charge in [-0.1, -0.05) is 24.3 Å². The summed E-state index contributed by atoms with van der Waals surface area (Å²) in [6.45, 7) is 0. The molecule has 1 aromatic rings. The second-order valence-corrected chi connectivity index (χ2v) is 2.25. The van der Waals surface area contributed by atoms with E-state index in [1.807, 2.05) is 0 Å². The molecule has 0 saturated heterocycles. The minimum Gasteiger partial charge on any atom is -0.422 e. The van der Waals surface area contributed by atoms with Crippen LogP contribution in [0.15, 0.2) is 24.3 Å². The summed E-state index contributed by atoms with van der Waals surface area (Å²) < 4.78 is 0. The molecular formula is C7H7BO4. The summed E-state index contributed by atoms with van der Waals surface area (Å²) in [5, 5.41) is 17.1. The number of carbonyl (C=O) groups excluding carboxylic acids is 1. The molecule has 0 fully saturated rings. The molecule has 0 aliphatic heterocycles. The monoisotopic (exact) mass is 166 g/mol. The highest BCUT2D eigenvalue weighted by Gasteiger charge is 2.15. The van der Waals surface area contributed by atoms with Crippen molar-refractivity contribution in [1.29, 1.82) is 0 Å². The van der Waals surface area contributed by atoms with Gasteiger partial charge in [-0.25, -0.2) is 0 Å². The van der Waals surface area contributed by atoms with Crippen molar-refractivity contribution in [2.75, 3.05) is 0 Å². The van der Waals surface area contributed by atoms with Crippen LogP contribution < -0.4 is 5.46 Å². The predicted octanol–water partition coefficient (Wildman–Crippen LogP) is -0.324. The van der Waals surface area contributed by atoms with Gasteiger partial charge in [0.15, 0.2) is 0 Å². The van der Waals surface area contributed by atoms with Gasteiger partial charge in [-0.15, -0.1) is 0 Å². The lowest BCUT2D eigenvalue weighted by molar-refractivity contribution is -0.154. The van der Waals surface area contributed by atoms with E-state index >= 15 is 0 Å². The molecule has 1 rings (SSSR count). The summed E-state index contributed by atoms with van der Waals surface area (Å²) in [7, 11) is -1.40. The smallest absolute Gasteiger partial charge is 0.422 e. The molecule has 0 spiro atoms. The molecule has 62 valence electrons. The summed E-state index contributed by atoms with van der Waals surface area (Å²) in [5.74, 6) is 0. The maximum atomic E-state index is 10.3.